The van der Waals surface area contributed by atoms with Gasteiger partial charge in [-0.1, -0.05) is 27.2 Å². The number of hydrogen-bond acceptors (Lipinski definition) is 5. The Balaban J connectivity index is 2.17. The van der Waals surface area contributed by atoms with Crippen molar-refractivity contribution < 1.29 is 23.8 Å². The summed E-state index contributed by atoms with van der Waals surface area (Å²) in [5.74, 6) is -1.39. The Morgan fingerprint density at radius 1 is 1.30 bits per heavy atom. The average molecular weight is 375 g/mol. The number of carbonyl (C=O) groups excluding carboxylic acids is 1. The van der Waals surface area contributed by atoms with Crippen molar-refractivity contribution in [1.29, 1.82) is 0 Å². The Morgan fingerprint density at radius 2 is 2.00 bits per heavy atom. The number of hydrogen-bond donors (Lipinski definition) is 2. The Labute approximate surface area is 157 Å². The molecule has 1 heterocycles. The Kier molecular flexibility index (Phi) is 6.60. The highest BCUT2D eigenvalue weighted by atomic mass is 16.5. The number of nitrogens with one attached hydrogen (secondary N) is 1. The molecule has 2 rings (SSSR count). The first-order valence-corrected chi connectivity index (χ1v) is 8.99. The molecule has 7 heteroatoms. The lowest BCUT2D eigenvalue weighted by Crippen LogP contribution is -2.46. The van der Waals surface area contributed by atoms with Crippen molar-refractivity contribution in [3.63, 3.8) is 0 Å². The highest BCUT2D eigenvalue weighted by molar-refractivity contribution is 5.86. The smallest absolute Gasteiger partial charge is 0.336 e. The number of fused-ring (bicyclic) bond motifs is 1. The van der Waals surface area contributed by atoms with Crippen LogP contribution in [0.5, 0.6) is 5.75 Å². The van der Waals surface area contributed by atoms with Crippen LogP contribution in [0.25, 0.3) is 11.0 Å². The van der Waals surface area contributed by atoms with Gasteiger partial charge in [-0.3, -0.25) is 4.79 Å². The molecule has 1 aromatic carbocycles. The molecular weight excluding hydrogens is 350 g/mol. The third kappa shape index (κ3) is 4.67. The molecule has 2 aromatic rings. The number of aliphatic carboxylic acids is 1. The summed E-state index contributed by atoms with van der Waals surface area (Å²) >= 11 is 0. The summed E-state index contributed by atoms with van der Waals surface area (Å²) in [4.78, 5) is 35.2. The minimum Gasteiger partial charge on any atom is -0.483 e. The molecule has 0 radical (unpaired) electrons. The number of aryl methyl sites for hydroxylation is 2. The number of carbonyl (C=O) groups is 2. The molecule has 0 aliphatic carbocycles. The van der Waals surface area contributed by atoms with E-state index in [4.69, 9.17) is 9.15 Å². The number of amides is 1. The highest BCUT2D eigenvalue weighted by Gasteiger charge is 2.25. The summed E-state index contributed by atoms with van der Waals surface area (Å²) in [5, 5.41) is 12.6. The fourth-order valence-corrected chi connectivity index (χ4v) is 2.90. The molecule has 0 spiro atoms. The lowest BCUT2D eigenvalue weighted by atomic mass is 9.99. The first-order chi connectivity index (χ1) is 12.8. The fourth-order valence-electron chi connectivity index (χ4n) is 2.90. The summed E-state index contributed by atoms with van der Waals surface area (Å²) in [6.45, 7) is 7.00. The molecule has 27 heavy (non-hydrogen) atoms. The van der Waals surface area contributed by atoms with Crippen LogP contribution in [0, 0.1) is 12.8 Å². The summed E-state index contributed by atoms with van der Waals surface area (Å²) < 4.78 is 10.9. The number of benzene rings is 1. The highest BCUT2D eigenvalue weighted by Crippen LogP contribution is 2.28. The van der Waals surface area contributed by atoms with Crippen LogP contribution < -0.4 is 15.7 Å². The lowest BCUT2D eigenvalue weighted by molar-refractivity contribution is -0.143. The van der Waals surface area contributed by atoms with Crippen LogP contribution in [-0.2, 0) is 16.0 Å². The molecule has 2 atom stereocenters. The van der Waals surface area contributed by atoms with Gasteiger partial charge in [0.15, 0.2) is 6.61 Å². The van der Waals surface area contributed by atoms with Crippen molar-refractivity contribution >= 4 is 22.8 Å². The maximum Gasteiger partial charge on any atom is 0.336 e. The minimum absolute atomic E-state index is 0.199. The van der Waals surface area contributed by atoms with Crippen molar-refractivity contribution in [1.82, 2.24) is 5.32 Å². The van der Waals surface area contributed by atoms with E-state index in [0.717, 1.165) is 10.9 Å². The van der Waals surface area contributed by atoms with E-state index >= 15 is 0 Å². The van der Waals surface area contributed by atoms with Crippen molar-refractivity contribution in [2.75, 3.05) is 6.61 Å². The van der Waals surface area contributed by atoms with E-state index in [1.165, 1.54) is 6.07 Å². The topological polar surface area (TPSA) is 106 Å². The van der Waals surface area contributed by atoms with Crippen LogP contribution in [0.4, 0.5) is 0 Å². The second-order valence-corrected chi connectivity index (χ2v) is 6.57. The van der Waals surface area contributed by atoms with Gasteiger partial charge in [-0.25, -0.2) is 9.59 Å². The van der Waals surface area contributed by atoms with Crippen LogP contribution >= 0.6 is 0 Å². The van der Waals surface area contributed by atoms with Gasteiger partial charge in [0.25, 0.3) is 5.91 Å². The van der Waals surface area contributed by atoms with E-state index in [2.05, 4.69) is 5.32 Å². The van der Waals surface area contributed by atoms with E-state index in [0.29, 0.717) is 29.7 Å². The summed E-state index contributed by atoms with van der Waals surface area (Å²) in [6.07, 6.45) is 1.32. The number of ether oxygens (including phenoxy) is 1. The molecule has 1 amide bonds. The number of carboxylic acid groups (broad SMARTS) is 1. The first-order valence-electron chi connectivity index (χ1n) is 8.99. The summed E-state index contributed by atoms with van der Waals surface area (Å²) in [6, 6.07) is 4.01. The van der Waals surface area contributed by atoms with Crippen LogP contribution in [-0.4, -0.2) is 29.6 Å². The molecule has 0 bridgehead atoms. The van der Waals surface area contributed by atoms with E-state index in [-0.39, 0.29) is 12.5 Å². The Morgan fingerprint density at radius 3 is 2.59 bits per heavy atom. The molecule has 0 unspecified atom stereocenters. The molecule has 0 saturated heterocycles. The SMILES string of the molecule is CCc1cc(=O)oc2c(C)c(OCC(=O)N[C@@H](C(=O)O)[C@H](C)CC)ccc12. The second kappa shape index (κ2) is 8.70. The molecule has 7 nitrogen and oxygen atoms in total. The standard InChI is InChI=1S/C20H25NO6/c1-5-11(3)18(20(24)25)21-16(22)10-26-15-8-7-14-13(6-2)9-17(23)27-19(14)12(15)4/h7-9,11,18H,5-6,10H2,1-4H3,(H,21,22)(H,24,25)/t11-,18-/m1/s1. The lowest BCUT2D eigenvalue weighted by Gasteiger charge is -2.20. The quantitative estimate of drug-likeness (QED) is 0.687. The van der Waals surface area contributed by atoms with E-state index in [9.17, 15) is 19.5 Å². The normalized spacial score (nSPS) is 13.2. The molecule has 2 N–H and O–H groups in total. The van der Waals surface area contributed by atoms with Crippen molar-refractivity contribution in [3.8, 4) is 5.75 Å². The van der Waals surface area contributed by atoms with Gasteiger partial charge in [0.2, 0.25) is 0 Å². The molecule has 0 saturated carbocycles. The Bertz CT molecular complexity index is 901. The van der Waals surface area contributed by atoms with Crippen LogP contribution in [0.1, 0.15) is 38.3 Å². The molecule has 0 fully saturated rings. The van der Waals surface area contributed by atoms with Gasteiger partial charge in [0.05, 0.1) is 0 Å². The third-order valence-corrected chi connectivity index (χ3v) is 4.73. The maximum atomic E-state index is 12.1. The van der Waals surface area contributed by atoms with Crippen molar-refractivity contribution in [2.24, 2.45) is 5.92 Å². The summed E-state index contributed by atoms with van der Waals surface area (Å²) in [7, 11) is 0. The first kappa shape index (κ1) is 20.5. The molecule has 146 valence electrons. The van der Waals surface area contributed by atoms with Crippen molar-refractivity contribution in [2.45, 2.75) is 46.6 Å². The fraction of sp³-hybridized carbons (Fsp3) is 0.450. The van der Waals surface area contributed by atoms with Crippen LogP contribution in [0.15, 0.2) is 27.4 Å². The second-order valence-electron chi connectivity index (χ2n) is 6.57. The predicted molar refractivity (Wildman–Crippen MR) is 101 cm³/mol. The van der Waals surface area contributed by atoms with Gasteiger partial charge >= 0.3 is 11.6 Å². The maximum absolute atomic E-state index is 12.1. The van der Waals surface area contributed by atoms with E-state index in [1.54, 1.807) is 26.0 Å². The van der Waals surface area contributed by atoms with Gasteiger partial charge in [-0.05, 0) is 37.0 Å². The van der Waals surface area contributed by atoms with E-state index < -0.39 is 23.5 Å². The van der Waals surface area contributed by atoms with E-state index in [1.807, 2.05) is 13.8 Å². The predicted octanol–water partition coefficient (Wildman–Crippen LogP) is 2.66. The molecule has 0 aliphatic heterocycles. The van der Waals surface area contributed by atoms with Crippen LogP contribution in [0.2, 0.25) is 0 Å². The third-order valence-electron chi connectivity index (χ3n) is 4.73. The zero-order valence-corrected chi connectivity index (χ0v) is 16.0. The summed E-state index contributed by atoms with van der Waals surface area (Å²) in [5.41, 5.74) is 1.49. The minimum atomic E-state index is -1.08. The van der Waals surface area contributed by atoms with Gasteiger partial charge < -0.3 is 19.6 Å². The average Bonchev–Trinajstić information content (AvgIpc) is 2.64. The van der Waals surface area contributed by atoms with Crippen molar-refractivity contribution in [3.05, 3.63) is 39.7 Å². The Hall–Kier alpha value is -2.83. The largest absolute Gasteiger partial charge is 0.483 e. The van der Waals surface area contributed by atoms with Gasteiger partial charge in [-0.2, -0.15) is 0 Å². The van der Waals surface area contributed by atoms with Gasteiger partial charge in [-0.15, -0.1) is 0 Å². The zero-order valence-electron chi connectivity index (χ0n) is 16.0. The molecular formula is C20H25NO6. The number of rotatable bonds is 8. The van der Waals surface area contributed by atoms with Crippen LogP contribution in [0.3, 0.4) is 0 Å². The number of carboxylic acids is 1. The zero-order chi connectivity index (χ0) is 20.1. The van der Waals surface area contributed by atoms with Gasteiger partial charge in [0, 0.05) is 17.0 Å². The monoisotopic (exact) mass is 375 g/mol. The molecule has 1 aromatic heterocycles. The molecule has 0 aliphatic rings. The van der Waals surface area contributed by atoms with Gasteiger partial charge in [0.1, 0.15) is 17.4 Å².